The Labute approximate surface area is 150 Å². The Morgan fingerprint density at radius 1 is 0.958 bits per heavy atom. The Balaban J connectivity index is 0. The summed E-state index contributed by atoms with van der Waals surface area (Å²) in [6.45, 7) is 10.6. The SMILES string of the molecule is C=C(C)C(=O)OCCOP(=O)(O)OCCOC(=O)C(=C)C.CCBr. The minimum atomic E-state index is -4.29. The summed E-state index contributed by atoms with van der Waals surface area (Å²) in [6, 6.07) is 0. The number of phosphoric ester groups is 1. The van der Waals surface area contributed by atoms with Gasteiger partial charge in [0.25, 0.3) is 0 Å². The van der Waals surface area contributed by atoms with Gasteiger partial charge in [0.2, 0.25) is 0 Å². The minimum absolute atomic E-state index is 0.206. The molecule has 0 aromatic carbocycles. The average Bonchev–Trinajstić information content (AvgIpc) is 2.48. The zero-order chi connectivity index (χ0) is 19.2. The first kappa shape index (κ1) is 25.3. The number of carbonyl (C=O) groups is 2. The van der Waals surface area contributed by atoms with Crippen molar-refractivity contribution in [3.05, 3.63) is 24.3 Å². The van der Waals surface area contributed by atoms with Crippen molar-refractivity contribution in [2.24, 2.45) is 0 Å². The summed E-state index contributed by atoms with van der Waals surface area (Å²) < 4.78 is 29.7. The zero-order valence-corrected chi connectivity index (χ0v) is 16.6. The number of phosphoric acid groups is 1. The third-order valence-electron chi connectivity index (χ3n) is 1.84. The summed E-state index contributed by atoms with van der Waals surface area (Å²) in [6.07, 6.45) is 0. The molecule has 0 spiro atoms. The fourth-order valence-corrected chi connectivity index (χ4v) is 1.54. The molecule has 0 bridgehead atoms. The van der Waals surface area contributed by atoms with Gasteiger partial charge >= 0.3 is 19.8 Å². The molecule has 1 N–H and O–H groups in total. The van der Waals surface area contributed by atoms with E-state index in [1.807, 2.05) is 6.92 Å². The van der Waals surface area contributed by atoms with Gasteiger partial charge in [0, 0.05) is 16.5 Å². The molecule has 0 rings (SSSR count). The van der Waals surface area contributed by atoms with Crippen LogP contribution < -0.4 is 0 Å². The average molecular weight is 431 g/mol. The van der Waals surface area contributed by atoms with E-state index in [0.717, 1.165) is 5.33 Å². The zero-order valence-electron chi connectivity index (χ0n) is 14.1. The maximum Gasteiger partial charge on any atom is 0.472 e. The monoisotopic (exact) mass is 430 g/mol. The Hall–Kier alpha value is -0.990. The number of alkyl halides is 1. The quantitative estimate of drug-likeness (QED) is 0.185. The van der Waals surface area contributed by atoms with Crippen molar-refractivity contribution in [2.45, 2.75) is 20.8 Å². The molecule has 8 nitrogen and oxygen atoms in total. The van der Waals surface area contributed by atoms with E-state index >= 15 is 0 Å². The molecule has 0 aliphatic carbocycles. The van der Waals surface area contributed by atoms with Crippen LogP contribution in [-0.4, -0.2) is 48.6 Å². The highest BCUT2D eigenvalue weighted by molar-refractivity contribution is 9.09. The molecule has 10 heteroatoms. The third kappa shape index (κ3) is 15.9. The lowest BCUT2D eigenvalue weighted by Gasteiger charge is -2.12. The summed E-state index contributed by atoms with van der Waals surface area (Å²) in [7, 11) is -4.29. The van der Waals surface area contributed by atoms with Crippen LogP contribution >= 0.6 is 23.8 Å². The van der Waals surface area contributed by atoms with Crippen LogP contribution in [0.1, 0.15) is 20.8 Å². The Morgan fingerprint density at radius 2 is 1.25 bits per heavy atom. The first-order valence-electron chi connectivity index (χ1n) is 6.90. The van der Waals surface area contributed by atoms with Crippen molar-refractivity contribution >= 4 is 35.7 Å². The number of halogens is 1. The molecular formula is C14H24BrO8P. The van der Waals surface area contributed by atoms with Crippen LogP contribution in [0.3, 0.4) is 0 Å². The molecule has 0 aromatic rings. The highest BCUT2D eigenvalue weighted by Crippen LogP contribution is 2.42. The standard InChI is InChI=1S/C12H19O8P.C2H5Br/c1-9(2)11(13)17-5-7-19-21(15,16)20-8-6-18-12(14)10(3)4;1-2-3/h1,3,5-8H2,2,4H3,(H,15,16);2H2,1H3. The van der Waals surface area contributed by atoms with Gasteiger partial charge in [0.1, 0.15) is 13.2 Å². The Kier molecular flexibility index (Phi) is 15.1. The van der Waals surface area contributed by atoms with Crippen LogP contribution in [0.5, 0.6) is 0 Å². The van der Waals surface area contributed by atoms with Crippen LogP contribution in [0, 0.1) is 0 Å². The summed E-state index contributed by atoms with van der Waals surface area (Å²) in [5.74, 6) is -1.25. The fourth-order valence-electron chi connectivity index (χ4n) is 0.858. The minimum Gasteiger partial charge on any atom is -0.460 e. The van der Waals surface area contributed by atoms with Crippen LogP contribution in [0.15, 0.2) is 24.3 Å². The number of hydrogen-bond donors (Lipinski definition) is 1. The summed E-state index contributed by atoms with van der Waals surface area (Å²) in [5, 5.41) is 1.06. The Bertz CT molecular complexity index is 439. The van der Waals surface area contributed by atoms with E-state index in [-0.39, 0.29) is 37.6 Å². The molecule has 0 aliphatic heterocycles. The van der Waals surface area contributed by atoms with E-state index < -0.39 is 19.8 Å². The van der Waals surface area contributed by atoms with Gasteiger partial charge in [-0.3, -0.25) is 9.05 Å². The van der Waals surface area contributed by atoms with E-state index in [4.69, 9.17) is 0 Å². The molecule has 0 aromatic heterocycles. The van der Waals surface area contributed by atoms with Crippen LogP contribution in [0.25, 0.3) is 0 Å². The van der Waals surface area contributed by atoms with E-state index in [9.17, 15) is 19.0 Å². The predicted molar refractivity (Wildman–Crippen MR) is 92.7 cm³/mol. The first-order chi connectivity index (χ1) is 11.1. The van der Waals surface area contributed by atoms with Crippen molar-refractivity contribution < 1.29 is 37.6 Å². The van der Waals surface area contributed by atoms with Gasteiger partial charge in [0.15, 0.2) is 0 Å². The highest BCUT2D eigenvalue weighted by Gasteiger charge is 2.21. The summed E-state index contributed by atoms with van der Waals surface area (Å²) in [4.78, 5) is 31.3. The lowest BCUT2D eigenvalue weighted by molar-refractivity contribution is -0.140. The first-order valence-corrected chi connectivity index (χ1v) is 9.52. The van der Waals surface area contributed by atoms with Gasteiger partial charge in [0.05, 0.1) is 13.2 Å². The van der Waals surface area contributed by atoms with E-state index in [0.29, 0.717) is 0 Å². The van der Waals surface area contributed by atoms with Gasteiger partial charge in [-0.2, -0.15) is 0 Å². The molecule has 0 unspecified atom stereocenters. The molecule has 0 atom stereocenters. The molecule has 140 valence electrons. The molecule has 0 aliphatic rings. The lowest BCUT2D eigenvalue weighted by atomic mass is 10.4. The largest absolute Gasteiger partial charge is 0.472 e. The van der Waals surface area contributed by atoms with E-state index in [1.165, 1.54) is 13.8 Å². The maximum atomic E-state index is 11.4. The number of rotatable bonds is 10. The van der Waals surface area contributed by atoms with Crippen molar-refractivity contribution in [2.75, 3.05) is 31.8 Å². The molecule has 24 heavy (non-hydrogen) atoms. The molecule has 0 heterocycles. The fraction of sp³-hybridized carbons (Fsp3) is 0.571. The summed E-state index contributed by atoms with van der Waals surface area (Å²) >= 11 is 3.15. The van der Waals surface area contributed by atoms with Gasteiger partial charge in [-0.1, -0.05) is 36.0 Å². The second-order valence-electron chi connectivity index (χ2n) is 4.23. The number of ether oxygens (including phenoxy) is 2. The van der Waals surface area contributed by atoms with Crippen LogP contribution in [0.2, 0.25) is 0 Å². The topological polar surface area (TPSA) is 108 Å². The van der Waals surface area contributed by atoms with E-state index in [1.54, 1.807) is 0 Å². The van der Waals surface area contributed by atoms with Crippen molar-refractivity contribution in [1.82, 2.24) is 0 Å². The normalized spacial score (nSPS) is 10.2. The number of carbonyl (C=O) groups excluding carboxylic acids is 2. The van der Waals surface area contributed by atoms with Gasteiger partial charge in [-0.05, 0) is 13.8 Å². The lowest BCUT2D eigenvalue weighted by Crippen LogP contribution is -2.12. The predicted octanol–water partition coefficient (Wildman–Crippen LogP) is 2.76. The molecule has 0 saturated carbocycles. The van der Waals surface area contributed by atoms with E-state index in [2.05, 4.69) is 47.6 Å². The number of hydrogen-bond acceptors (Lipinski definition) is 7. The molecular weight excluding hydrogens is 407 g/mol. The highest BCUT2D eigenvalue weighted by atomic mass is 79.9. The molecule has 0 radical (unpaired) electrons. The number of esters is 2. The Morgan fingerprint density at radius 3 is 1.50 bits per heavy atom. The van der Waals surface area contributed by atoms with Gasteiger partial charge in [-0.15, -0.1) is 0 Å². The molecule has 0 fully saturated rings. The second-order valence-corrected chi connectivity index (χ2v) is 6.81. The van der Waals surface area contributed by atoms with Gasteiger partial charge in [-0.25, -0.2) is 14.2 Å². The van der Waals surface area contributed by atoms with Crippen LogP contribution in [-0.2, 0) is 32.7 Å². The third-order valence-corrected chi connectivity index (χ3v) is 2.86. The summed E-state index contributed by atoms with van der Waals surface area (Å²) in [5.41, 5.74) is 0.413. The smallest absolute Gasteiger partial charge is 0.460 e. The maximum absolute atomic E-state index is 11.4. The van der Waals surface area contributed by atoms with Crippen molar-refractivity contribution in [3.8, 4) is 0 Å². The molecule has 0 saturated heterocycles. The van der Waals surface area contributed by atoms with Crippen molar-refractivity contribution in [3.63, 3.8) is 0 Å². The van der Waals surface area contributed by atoms with Crippen molar-refractivity contribution in [1.29, 1.82) is 0 Å². The molecule has 0 amide bonds. The van der Waals surface area contributed by atoms with Crippen LogP contribution in [0.4, 0.5) is 0 Å². The second kappa shape index (κ2) is 14.4. The van der Waals surface area contributed by atoms with Gasteiger partial charge < -0.3 is 14.4 Å².